The second kappa shape index (κ2) is 5.95. The Labute approximate surface area is 113 Å². The minimum absolute atomic E-state index is 0.0736. The highest BCUT2D eigenvalue weighted by atomic mass is 19.2. The fourth-order valence-electron chi connectivity index (χ4n) is 1.91. The van der Waals surface area contributed by atoms with Gasteiger partial charge in [-0.3, -0.25) is 0 Å². The van der Waals surface area contributed by atoms with Crippen LogP contribution >= 0.6 is 0 Å². The number of rotatable bonds is 4. The third-order valence-corrected chi connectivity index (χ3v) is 3.83. The van der Waals surface area contributed by atoms with Crippen molar-refractivity contribution in [1.82, 2.24) is 5.32 Å². The van der Waals surface area contributed by atoms with E-state index in [1.165, 1.54) is 0 Å². The molecule has 1 aromatic carbocycles. The van der Waals surface area contributed by atoms with Gasteiger partial charge in [-0.15, -0.1) is 0 Å². The van der Waals surface area contributed by atoms with Gasteiger partial charge in [-0.05, 0) is 30.9 Å². The molecule has 108 valence electrons. The van der Waals surface area contributed by atoms with Gasteiger partial charge < -0.3 is 5.32 Å². The van der Waals surface area contributed by atoms with Crippen LogP contribution in [0.5, 0.6) is 0 Å². The van der Waals surface area contributed by atoms with Crippen LogP contribution < -0.4 is 5.32 Å². The van der Waals surface area contributed by atoms with Crippen LogP contribution in [0.2, 0.25) is 0 Å². The van der Waals surface area contributed by atoms with Gasteiger partial charge in [0.25, 0.3) is 0 Å². The average Bonchev–Trinajstić information content (AvgIpc) is 2.29. The first-order valence-electron chi connectivity index (χ1n) is 6.48. The highest BCUT2D eigenvalue weighted by Crippen LogP contribution is 2.34. The fraction of sp³-hybridized carbons (Fsp3) is 0.600. The van der Waals surface area contributed by atoms with Crippen molar-refractivity contribution in [3.05, 3.63) is 35.1 Å². The monoisotopic (exact) mass is 273 g/mol. The molecule has 0 aliphatic carbocycles. The van der Waals surface area contributed by atoms with Crippen LogP contribution in [-0.2, 0) is 0 Å². The topological polar surface area (TPSA) is 12.0 Å². The molecule has 0 bridgehead atoms. The molecule has 1 N–H and O–H groups in total. The zero-order valence-corrected chi connectivity index (χ0v) is 12.2. The molecule has 0 heterocycles. The minimum atomic E-state index is -1.15. The molecule has 0 radical (unpaired) electrons. The molecule has 1 nitrogen and oxygen atoms in total. The van der Waals surface area contributed by atoms with Gasteiger partial charge in [0.1, 0.15) is 5.82 Å². The second-order valence-electron chi connectivity index (χ2n) is 6.13. The van der Waals surface area contributed by atoms with Crippen LogP contribution in [0.15, 0.2) is 12.1 Å². The molecule has 0 aliphatic rings. The first kappa shape index (κ1) is 16.0. The summed E-state index contributed by atoms with van der Waals surface area (Å²) in [6.45, 7) is 8.38. The Hall–Kier alpha value is -1.03. The van der Waals surface area contributed by atoms with E-state index in [0.29, 0.717) is 18.4 Å². The van der Waals surface area contributed by atoms with E-state index in [1.54, 1.807) is 7.05 Å². The number of halogens is 3. The quantitative estimate of drug-likeness (QED) is 0.800. The molecule has 0 saturated carbocycles. The van der Waals surface area contributed by atoms with Crippen molar-refractivity contribution in [2.75, 3.05) is 7.05 Å². The molecule has 2 unspecified atom stereocenters. The minimum Gasteiger partial charge on any atom is -0.313 e. The van der Waals surface area contributed by atoms with Gasteiger partial charge in [0.2, 0.25) is 0 Å². The van der Waals surface area contributed by atoms with Gasteiger partial charge in [-0.25, -0.2) is 13.2 Å². The molecule has 0 amide bonds. The van der Waals surface area contributed by atoms with E-state index in [0.717, 1.165) is 6.07 Å². The molecule has 1 rings (SSSR count). The van der Waals surface area contributed by atoms with E-state index in [4.69, 9.17) is 0 Å². The van der Waals surface area contributed by atoms with E-state index in [9.17, 15) is 13.2 Å². The molecule has 0 saturated heterocycles. The van der Waals surface area contributed by atoms with E-state index in [-0.39, 0.29) is 17.0 Å². The largest absolute Gasteiger partial charge is 0.313 e. The summed E-state index contributed by atoms with van der Waals surface area (Å²) < 4.78 is 40.0. The molecule has 4 heteroatoms. The lowest BCUT2D eigenvalue weighted by atomic mass is 9.77. The lowest BCUT2D eigenvalue weighted by Gasteiger charge is -2.31. The Balaban J connectivity index is 3.01. The molecular weight excluding hydrogens is 251 g/mol. The van der Waals surface area contributed by atoms with Gasteiger partial charge in [-0.2, -0.15) is 0 Å². The molecule has 0 fully saturated rings. The Kier molecular flexibility index (Phi) is 5.02. The van der Waals surface area contributed by atoms with Crippen LogP contribution in [0.25, 0.3) is 0 Å². The van der Waals surface area contributed by atoms with Crippen molar-refractivity contribution in [2.45, 2.75) is 40.2 Å². The van der Waals surface area contributed by atoms with Crippen molar-refractivity contribution in [3.8, 4) is 0 Å². The maximum Gasteiger partial charge on any atom is 0.161 e. The van der Waals surface area contributed by atoms with E-state index >= 15 is 0 Å². The van der Waals surface area contributed by atoms with Crippen molar-refractivity contribution in [3.63, 3.8) is 0 Å². The summed E-state index contributed by atoms with van der Waals surface area (Å²) in [5.74, 6) is -2.57. The molecular formula is C15H22F3N. The maximum atomic E-state index is 13.8. The maximum absolute atomic E-state index is 13.8. The summed E-state index contributed by atoms with van der Waals surface area (Å²) in [5, 5.41) is 2.98. The van der Waals surface area contributed by atoms with Crippen LogP contribution in [0.4, 0.5) is 13.2 Å². The third kappa shape index (κ3) is 3.96. The van der Waals surface area contributed by atoms with Crippen molar-refractivity contribution >= 4 is 0 Å². The van der Waals surface area contributed by atoms with E-state index < -0.39 is 17.5 Å². The summed E-state index contributed by atoms with van der Waals surface area (Å²) in [4.78, 5) is 0. The SMILES string of the molecule is CNC(CC(C)C(C)(C)C)c1cc(F)c(F)cc1F. The zero-order chi connectivity index (χ0) is 14.8. The van der Waals surface area contributed by atoms with Crippen molar-refractivity contribution in [1.29, 1.82) is 0 Å². The Bertz CT molecular complexity index is 438. The number of hydrogen-bond acceptors (Lipinski definition) is 1. The predicted octanol–water partition coefficient (Wildman–Crippen LogP) is 4.44. The normalized spacial score (nSPS) is 15.4. The van der Waals surface area contributed by atoms with Crippen LogP contribution in [-0.4, -0.2) is 7.05 Å². The molecule has 19 heavy (non-hydrogen) atoms. The number of benzene rings is 1. The Morgan fingerprint density at radius 3 is 2.05 bits per heavy atom. The predicted molar refractivity (Wildman–Crippen MR) is 71.4 cm³/mol. The third-order valence-electron chi connectivity index (χ3n) is 3.83. The molecule has 1 aromatic rings. The van der Waals surface area contributed by atoms with Gasteiger partial charge in [0.05, 0.1) is 0 Å². The fourth-order valence-corrected chi connectivity index (χ4v) is 1.91. The standard InChI is InChI=1S/C15H22F3N/c1-9(15(2,3)4)6-14(19-5)10-7-12(17)13(18)8-11(10)16/h7-9,14,19H,6H2,1-5H3. The highest BCUT2D eigenvalue weighted by Gasteiger charge is 2.26. The van der Waals surface area contributed by atoms with E-state index in [2.05, 4.69) is 33.0 Å². The summed E-state index contributed by atoms with van der Waals surface area (Å²) in [7, 11) is 1.70. The summed E-state index contributed by atoms with van der Waals surface area (Å²) in [5.41, 5.74) is 0.252. The highest BCUT2D eigenvalue weighted by molar-refractivity contribution is 5.23. The van der Waals surface area contributed by atoms with Crippen LogP contribution in [0.1, 0.15) is 45.7 Å². The lowest BCUT2D eigenvalue weighted by molar-refractivity contribution is 0.224. The van der Waals surface area contributed by atoms with Crippen molar-refractivity contribution in [2.24, 2.45) is 11.3 Å². The summed E-state index contributed by atoms with van der Waals surface area (Å²) in [6.07, 6.45) is 0.655. The first-order valence-corrected chi connectivity index (χ1v) is 6.48. The zero-order valence-electron chi connectivity index (χ0n) is 12.2. The van der Waals surface area contributed by atoms with Gasteiger partial charge in [0, 0.05) is 17.7 Å². The summed E-state index contributed by atoms with van der Waals surface area (Å²) >= 11 is 0. The van der Waals surface area contributed by atoms with Gasteiger partial charge in [-0.1, -0.05) is 27.7 Å². The Morgan fingerprint density at radius 1 is 1.05 bits per heavy atom. The first-order chi connectivity index (χ1) is 8.66. The van der Waals surface area contributed by atoms with Gasteiger partial charge >= 0.3 is 0 Å². The van der Waals surface area contributed by atoms with Crippen molar-refractivity contribution < 1.29 is 13.2 Å². The Morgan fingerprint density at radius 2 is 1.58 bits per heavy atom. The molecule has 0 aromatic heterocycles. The lowest BCUT2D eigenvalue weighted by Crippen LogP contribution is -2.26. The van der Waals surface area contributed by atoms with Crippen LogP contribution in [0.3, 0.4) is 0 Å². The smallest absolute Gasteiger partial charge is 0.161 e. The molecule has 0 aliphatic heterocycles. The van der Waals surface area contributed by atoms with Gasteiger partial charge in [0.15, 0.2) is 11.6 Å². The second-order valence-corrected chi connectivity index (χ2v) is 6.13. The number of hydrogen-bond donors (Lipinski definition) is 1. The molecule has 0 spiro atoms. The van der Waals surface area contributed by atoms with Crippen LogP contribution in [0, 0.1) is 28.8 Å². The number of nitrogens with one attached hydrogen (secondary N) is 1. The summed E-state index contributed by atoms with van der Waals surface area (Å²) in [6, 6.07) is 1.22. The average molecular weight is 273 g/mol. The van der Waals surface area contributed by atoms with E-state index in [1.807, 2.05) is 0 Å². The molecule has 2 atom stereocenters.